The van der Waals surface area contributed by atoms with Crippen molar-refractivity contribution in [3.63, 3.8) is 0 Å². The van der Waals surface area contributed by atoms with Crippen LogP contribution in [0.2, 0.25) is 0 Å². The van der Waals surface area contributed by atoms with Gasteiger partial charge in [-0.2, -0.15) is 0 Å². The Kier molecular flexibility index (Phi) is 4.74. The van der Waals surface area contributed by atoms with E-state index < -0.39 is 0 Å². The number of rotatable bonds is 4. The molecule has 90 valence electrons. The van der Waals surface area contributed by atoms with E-state index in [1.165, 1.54) is 0 Å². The summed E-state index contributed by atoms with van der Waals surface area (Å²) in [6.45, 7) is 8.58. The number of nitrogens with two attached hydrogens (primary N) is 1. The highest BCUT2D eigenvalue weighted by Crippen LogP contribution is 2.25. The molecule has 0 saturated carbocycles. The topological polar surface area (TPSA) is 51.8 Å². The maximum Gasteiger partial charge on any atom is 0.138 e. The number of thioether (sulfide) groups is 1. The van der Waals surface area contributed by atoms with Crippen molar-refractivity contribution in [1.82, 2.24) is 9.97 Å². The molecule has 0 spiro atoms. The Morgan fingerprint density at radius 1 is 1.31 bits per heavy atom. The third-order valence-corrected chi connectivity index (χ3v) is 3.22. The molecule has 1 unspecified atom stereocenters. The predicted octanol–water partition coefficient (Wildman–Crippen LogP) is 2.40. The van der Waals surface area contributed by atoms with Crippen LogP contribution in [-0.4, -0.2) is 20.8 Å². The van der Waals surface area contributed by atoms with Crippen molar-refractivity contribution < 1.29 is 0 Å². The summed E-state index contributed by atoms with van der Waals surface area (Å²) >= 11 is 1.86. The van der Waals surface area contributed by atoms with E-state index >= 15 is 0 Å². The highest BCUT2D eigenvalue weighted by molar-refractivity contribution is 7.99. The third-order valence-electron chi connectivity index (χ3n) is 1.95. The first-order valence-corrected chi connectivity index (χ1v) is 6.55. The van der Waals surface area contributed by atoms with Gasteiger partial charge in [0.2, 0.25) is 0 Å². The van der Waals surface area contributed by atoms with E-state index in [0.717, 1.165) is 23.6 Å². The van der Waals surface area contributed by atoms with E-state index in [2.05, 4.69) is 30.7 Å². The summed E-state index contributed by atoms with van der Waals surface area (Å²) in [7, 11) is 0. The van der Waals surface area contributed by atoms with E-state index in [1.807, 2.05) is 31.1 Å². The summed E-state index contributed by atoms with van der Waals surface area (Å²) in [5, 5.41) is 0. The molecule has 1 atom stereocenters. The van der Waals surface area contributed by atoms with Crippen LogP contribution < -0.4 is 5.73 Å². The minimum Gasteiger partial charge on any atom is -0.328 e. The highest BCUT2D eigenvalue weighted by Gasteiger charge is 2.11. The molecule has 1 heterocycles. The van der Waals surface area contributed by atoms with Crippen LogP contribution in [0.4, 0.5) is 0 Å². The Morgan fingerprint density at radius 2 is 1.88 bits per heavy atom. The summed E-state index contributed by atoms with van der Waals surface area (Å²) in [5.41, 5.74) is 6.83. The van der Waals surface area contributed by atoms with Gasteiger partial charge in [0, 0.05) is 23.2 Å². The Labute approximate surface area is 102 Å². The second kappa shape index (κ2) is 5.64. The predicted molar refractivity (Wildman–Crippen MR) is 70.4 cm³/mol. The molecule has 0 aliphatic carbocycles. The average Bonchev–Trinajstić information content (AvgIpc) is 2.14. The van der Waals surface area contributed by atoms with E-state index in [4.69, 9.17) is 5.73 Å². The van der Waals surface area contributed by atoms with Gasteiger partial charge in [0.25, 0.3) is 0 Å². The SMILES string of the molecule is CC(N)Cc1cnc(CSC(C)(C)C)nc1. The van der Waals surface area contributed by atoms with Crippen LogP contribution in [-0.2, 0) is 12.2 Å². The van der Waals surface area contributed by atoms with Gasteiger partial charge in [0.15, 0.2) is 0 Å². The molecule has 0 aliphatic heterocycles. The number of aromatic nitrogens is 2. The Bertz CT molecular complexity index is 314. The zero-order valence-electron chi connectivity index (χ0n) is 10.5. The summed E-state index contributed by atoms with van der Waals surface area (Å²) in [6, 6.07) is 0.165. The van der Waals surface area contributed by atoms with Crippen molar-refractivity contribution in [2.24, 2.45) is 5.73 Å². The van der Waals surface area contributed by atoms with Crippen LogP contribution in [0.15, 0.2) is 12.4 Å². The molecule has 0 fully saturated rings. The summed E-state index contributed by atoms with van der Waals surface area (Å²) in [6.07, 6.45) is 4.61. The first kappa shape index (κ1) is 13.5. The monoisotopic (exact) mass is 239 g/mol. The van der Waals surface area contributed by atoms with Gasteiger partial charge in [-0.15, -0.1) is 11.8 Å². The fourth-order valence-electron chi connectivity index (χ4n) is 1.21. The van der Waals surface area contributed by atoms with Crippen LogP contribution in [0.5, 0.6) is 0 Å². The van der Waals surface area contributed by atoms with Crippen LogP contribution >= 0.6 is 11.8 Å². The van der Waals surface area contributed by atoms with Crippen LogP contribution in [0.25, 0.3) is 0 Å². The number of hydrogen-bond acceptors (Lipinski definition) is 4. The molecule has 0 aliphatic rings. The molecule has 1 rings (SSSR count). The van der Waals surface area contributed by atoms with Gasteiger partial charge in [0.05, 0.1) is 5.75 Å². The van der Waals surface area contributed by atoms with Gasteiger partial charge >= 0.3 is 0 Å². The van der Waals surface area contributed by atoms with Gasteiger partial charge in [-0.05, 0) is 18.9 Å². The Morgan fingerprint density at radius 3 is 2.31 bits per heavy atom. The van der Waals surface area contributed by atoms with Crippen LogP contribution in [0.1, 0.15) is 39.1 Å². The quantitative estimate of drug-likeness (QED) is 0.876. The summed E-state index contributed by atoms with van der Waals surface area (Å²) < 4.78 is 0.258. The van der Waals surface area contributed by atoms with Crippen molar-refractivity contribution >= 4 is 11.8 Å². The van der Waals surface area contributed by atoms with Gasteiger partial charge in [0.1, 0.15) is 5.82 Å². The molecule has 1 aromatic heterocycles. The van der Waals surface area contributed by atoms with Crippen molar-refractivity contribution in [2.75, 3.05) is 0 Å². The highest BCUT2D eigenvalue weighted by atomic mass is 32.2. The smallest absolute Gasteiger partial charge is 0.138 e. The molecule has 0 amide bonds. The minimum absolute atomic E-state index is 0.165. The molecule has 3 nitrogen and oxygen atoms in total. The lowest BCUT2D eigenvalue weighted by molar-refractivity contribution is 0.730. The molecule has 2 N–H and O–H groups in total. The van der Waals surface area contributed by atoms with Gasteiger partial charge in [-0.25, -0.2) is 9.97 Å². The maximum absolute atomic E-state index is 5.72. The lowest BCUT2D eigenvalue weighted by Crippen LogP contribution is -2.18. The fraction of sp³-hybridized carbons (Fsp3) is 0.667. The van der Waals surface area contributed by atoms with E-state index in [1.54, 1.807) is 0 Å². The van der Waals surface area contributed by atoms with E-state index in [9.17, 15) is 0 Å². The second-order valence-electron chi connectivity index (χ2n) is 5.09. The first-order chi connectivity index (χ1) is 7.37. The largest absolute Gasteiger partial charge is 0.328 e. The van der Waals surface area contributed by atoms with Crippen molar-refractivity contribution in [2.45, 2.75) is 50.7 Å². The third kappa shape index (κ3) is 5.47. The molecule has 16 heavy (non-hydrogen) atoms. The molecule has 1 aromatic rings. The van der Waals surface area contributed by atoms with Crippen LogP contribution in [0.3, 0.4) is 0 Å². The van der Waals surface area contributed by atoms with Crippen molar-refractivity contribution in [3.05, 3.63) is 23.8 Å². The molecule has 0 radical (unpaired) electrons. The van der Waals surface area contributed by atoms with Crippen LogP contribution in [0, 0.1) is 0 Å². The zero-order valence-corrected chi connectivity index (χ0v) is 11.3. The standard InChI is InChI=1S/C12H21N3S/c1-9(13)5-10-6-14-11(15-7-10)8-16-12(2,3)4/h6-7,9H,5,8,13H2,1-4H3. The maximum atomic E-state index is 5.72. The van der Waals surface area contributed by atoms with Gasteiger partial charge < -0.3 is 5.73 Å². The Hall–Kier alpha value is -0.610. The molecular formula is C12H21N3S. The molecule has 0 aromatic carbocycles. The molecule has 4 heteroatoms. The first-order valence-electron chi connectivity index (χ1n) is 5.56. The molecule has 0 bridgehead atoms. The number of nitrogens with zero attached hydrogens (tertiary/aromatic N) is 2. The molecular weight excluding hydrogens is 218 g/mol. The molecule has 0 saturated heterocycles. The zero-order chi connectivity index (χ0) is 12.2. The lowest BCUT2D eigenvalue weighted by atomic mass is 10.1. The van der Waals surface area contributed by atoms with E-state index in [-0.39, 0.29) is 10.8 Å². The summed E-state index contributed by atoms with van der Waals surface area (Å²) in [4.78, 5) is 8.69. The lowest BCUT2D eigenvalue weighted by Gasteiger charge is -2.16. The normalized spacial score (nSPS) is 13.8. The van der Waals surface area contributed by atoms with E-state index in [0.29, 0.717) is 0 Å². The fourth-order valence-corrected chi connectivity index (χ4v) is 1.93. The van der Waals surface area contributed by atoms with Crippen molar-refractivity contribution in [3.8, 4) is 0 Å². The minimum atomic E-state index is 0.165. The second-order valence-corrected chi connectivity index (χ2v) is 6.89. The summed E-state index contributed by atoms with van der Waals surface area (Å²) in [5.74, 6) is 1.76. The number of hydrogen-bond donors (Lipinski definition) is 1. The Balaban J connectivity index is 2.51. The van der Waals surface area contributed by atoms with Crippen molar-refractivity contribution in [1.29, 1.82) is 0 Å². The van der Waals surface area contributed by atoms with Gasteiger partial charge in [-0.3, -0.25) is 0 Å². The average molecular weight is 239 g/mol. The van der Waals surface area contributed by atoms with Gasteiger partial charge in [-0.1, -0.05) is 20.8 Å².